The number of aliphatic hydroxyl groups is 1. The van der Waals surface area contributed by atoms with Crippen LogP contribution in [0.3, 0.4) is 0 Å². The van der Waals surface area contributed by atoms with Gasteiger partial charge in [-0.3, -0.25) is 9.59 Å². The van der Waals surface area contributed by atoms with Crippen molar-refractivity contribution >= 4 is 23.2 Å². The number of rotatable bonds is 8. The van der Waals surface area contributed by atoms with E-state index in [1.165, 1.54) is 11.3 Å². The van der Waals surface area contributed by atoms with E-state index in [1.54, 1.807) is 0 Å². The van der Waals surface area contributed by atoms with Gasteiger partial charge >= 0.3 is 0 Å². The van der Waals surface area contributed by atoms with Gasteiger partial charge in [0, 0.05) is 25.4 Å². The molecule has 112 valence electrons. The van der Waals surface area contributed by atoms with Crippen LogP contribution in [0.4, 0.5) is 0 Å². The lowest BCUT2D eigenvalue weighted by atomic mass is 10.2. The molecule has 1 heterocycles. The van der Waals surface area contributed by atoms with Crippen molar-refractivity contribution < 1.29 is 14.7 Å². The minimum Gasteiger partial charge on any atom is -0.387 e. The lowest BCUT2D eigenvalue weighted by Crippen LogP contribution is -2.31. The van der Waals surface area contributed by atoms with Gasteiger partial charge in [0.1, 0.15) is 0 Å². The number of carbonyl (C=O) groups excluding carboxylic acids is 2. The zero-order valence-corrected chi connectivity index (χ0v) is 12.7. The highest BCUT2D eigenvalue weighted by Gasteiger charge is 2.10. The van der Waals surface area contributed by atoms with Crippen LogP contribution < -0.4 is 10.6 Å². The molecule has 0 fully saturated rings. The zero-order valence-electron chi connectivity index (χ0n) is 11.9. The lowest BCUT2D eigenvalue weighted by Gasteiger charge is -2.11. The number of carbonyl (C=O) groups is 2. The molecule has 1 aromatic heterocycles. The van der Waals surface area contributed by atoms with E-state index in [1.807, 2.05) is 30.7 Å². The number of hydrogen-bond acceptors (Lipinski definition) is 4. The van der Waals surface area contributed by atoms with Crippen molar-refractivity contribution in [2.45, 2.75) is 45.3 Å². The predicted octanol–water partition coefficient (Wildman–Crippen LogP) is 1.59. The van der Waals surface area contributed by atoms with Crippen LogP contribution in [-0.4, -0.2) is 29.5 Å². The molecule has 0 aliphatic rings. The Hall–Kier alpha value is -1.40. The third kappa shape index (κ3) is 6.68. The van der Waals surface area contributed by atoms with Crippen LogP contribution in [0.15, 0.2) is 16.8 Å². The molecule has 0 saturated heterocycles. The first-order valence-corrected chi connectivity index (χ1v) is 7.69. The van der Waals surface area contributed by atoms with Crippen molar-refractivity contribution in [2.24, 2.45) is 0 Å². The van der Waals surface area contributed by atoms with E-state index in [0.29, 0.717) is 19.3 Å². The van der Waals surface area contributed by atoms with Gasteiger partial charge in [-0.25, -0.2) is 0 Å². The molecule has 0 aliphatic carbocycles. The van der Waals surface area contributed by atoms with E-state index >= 15 is 0 Å². The summed E-state index contributed by atoms with van der Waals surface area (Å²) < 4.78 is 0. The number of aliphatic hydroxyl groups excluding tert-OH is 1. The van der Waals surface area contributed by atoms with Crippen LogP contribution in [0.2, 0.25) is 0 Å². The maximum Gasteiger partial charge on any atom is 0.220 e. The summed E-state index contributed by atoms with van der Waals surface area (Å²) in [5.41, 5.74) is 0.812. The summed E-state index contributed by atoms with van der Waals surface area (Å²) in [7, 11) is 0. The predicted molar refractivity (Wildman–Crippen MR) is 79.4 cm³/mol. The normalized spacial score (nSPS) is 12.2. The van der Waals surface area contributed by atoms with E-state index in [0.717, 1.165) is 5.56 Å². The second-order valence-corrected chi connectivity index (χ2v) is 5.73. The number of nitrogens with one attached hydrogen (secondary N) is 2. The summed E-state index contributed by atoms with van der Waals surface area (Å²) in [6.07, 6.45) is 0.480. The molecule has 1 rings (SSSR count). The summed E-state index contributed by atoms with van der Waals surface area (Å²) in [4.78, 5) is 22.9. The second-order valence-electron chi connectivity index (χ2n) is 4.95. The van der Waals surface area contributed by atoms with Crippen molar-refractivity contribution in [3.05, 3.63) is 22.4 Å². The molecule has 0 aliphatic heterocycles. The van der Waals surface area contributed by atoms with E-state index in [4.69, 9.17) is 0 Å². The highest BCUT2D eigenvalue weighted by molar-refractivity contribution is 7.07. The Balaban J connectivity index is 2.13. The molecular weight excluding hydrogens is 276 g/mol. The fourth-order valence-corrected chi connectivity index (χ4v) is 2.39. The van der Waals surface area contributed by atoms with Gasteiger partial charge in [0.2, 0.25) is 11.8 Å². The van der Waals surface area contributed by atoms with Crippen molar-refractivity contribution in [2.75, 3.05) is 6.54 Å². The van der Waals surface area contributed by atoms with Crippen molar-refractivity contribution in [1.29, 1.82) is 0 Å². The largest absolute Gasteiger partial charge is 0.387 e. The summed E-state index contributed by atoms with van der Waals surface area (Å²) in [6.45, 7) is 4.00. The third-order valence-electron chi connectivity index (χ3n) is 2.68. The van der Waals surface area contributed by atoms with Gasteiger partial charge in [0.15, 0.2) is 0 Å². The Morgan fingerprint density at radius 1 is 1.30 bits per heavy atom. The van der Waals surface area contributed by atoms with Crippen LogP contribution in [0.1, 0.15) is 44.8 Å². The minimum atomic E-state index is -0.672. The average molecular weight is 298 g/mol. The lowest BCUT2D eigenvalue weighted by molar-refractivity contribution is -0.122. The minimum absolute atomic E-state index is 0.0360. The highest BCUT2D eigenvalue weighted by atomic mass is 32.1. The first-order chi connectivity index (χ1) is 9.49. The smallest absolute Gasteiger partial charge is 0.220 e. The average Bonchev–Trinajstić information content (AvgIpc) is 2.88. The molecule has 0 aromatic carbocycles. The molecule has 2 amide bonds. The number of hydrogen-bond donors (Lipinski definition) is 3. The van der Waals surface area contributed by atoms with Crippen LogP contribution >= 0.6 is 11.3 Å². The second kappa shape index (κ2) is 8.71. The molecule has 20 heavy (non-hydrogen) atoms. The summed E-state index contributed by atoms with van der Waals surface area (Å²) in [5, 5.41) is 19.0. The van der Waals surface area contributed by atoms with Crippen LogP contribution in [-0.2, 0) is 9.59 Å². The molecule has 1 atom stereocenters. The van der Waals surface area contributed by atoms with E-state index in [-0.39, 0.29) is 24.4 Å². The van der Waals surface area contributed by atoms with Crippen LogP contribution in [0.25, 0.3) is 0 Å². The maximum absolute atomic E-state index is 11.6. The summed E-state index contributed by atoms with van der Waals surface area (Å²) in [6, 6.07) is 1.95. The maximum atomic E-state index is 11.6. The number of amides is 2. The SMILES string of the molecule is CC(C)NC(=O)CCCC(=O)NCC(O)c1ccsc1. The molecule has 5 nitrogen and oxygen atoms in total. The Bertz CT molecular complexity index is 418. The Labute approximate surface area is 123 Å². The monoisotopic (exact) mass is 298 g/mol. The quantitative estimate of drug-likeness (QED) is 0.682. The third-order valence-corrected chi connectivity index (χ3v) is 3.38. The van der Waals surface area contributed by atoms with Crippen molar-refractivity contribution in [1.82, 2.24) is 10.6 Å². The molecule has 0 radical (unpaired) electrons. The molecule has 3 N–H and O–H groups in total. The van der Waals surface area contributed by atoms with Crippen molar-refractivity contribution in [3.8, 4) is 0 Å². The number of thiophene rings is 1. The standard InChI is InChI=1S/C14H22N2O3S/c1-10(2)16-14(19)5-3-4-13(18)15-8-12(17)11-6-7-20-9-11/h6-7,9-10,12,17H,3-5,8H2,1-2H3,(H,15,18)(H,16,19). The zero-order chi connectivity index (χ0) is 15.0. The fourth-order valence-electron chi connectivity index (χ4n) is 1.68. The van der Waals surface area contributed by atoms with Crippen LogP contribution in [0.5, 0.6) is 0 Å². The Morgan fingerprint density at radius 2 is 2.00 bits per heavy atom. The fraction of sp³-hybridized carbons (Fsp3) is 0.571. The van der Waals surface area contributed by atoms with Crippen LogP contribution in [0, 0.1) is 0 Å². The molecule has 6 heteroatoms. The van der Waals surface area contributed by atoms with Gasteiger partial charge in [0.25, 0.3) is 0 Å². The van der Waals surface area contributed by atoms with Gasteiger partial charge in [-0.15, -0.1) is 0 Å². The van der Waals surface area contributed by atoms with Gasteiger partial charge in [0.05, 0.1) is 6.10 Å². The van der Waals surface area contributed by atoms with Gasteiger partial charge < -0.3 is 15.7 Å². The first kappa shape index (κ1) is 16.7. The van der Waals surface area contributed by atoms with E-state index < -0.39 is 6.10 Å². The van der Waals surface area contributed by atoms with E-state index in [2.05, 4.69) is 10.6 Å². The molecule has 1 unspecified atom stereocenters. The molecule has 0 bridgehead atoms. The molecule has 1 aromatic rings. The summed E-state index contributed by atoms with van der Waals surface area (Å²) >= 11 is 1.51. The van der Waals surface area contributed by atoms with Crippen molar-refractivity contribution in [3.63, 3.8) is 0 Å². The topological polar surface area (TPSA) is 78.4 Å². The molecular formula is C14H22N2O3S. The van der Waals surface area contributed by atoms with Gasteiger partial charge in [-0.05, 0) is 42.7 Å². The van der Waals surface area contributed by atoms with Gasteiger partial charge in [-0.2, -0.15) is 11.3 Å². The Morgan fingerprint density at radius 3 is 2.60 bits per heavy atom. The summed E-state index contributed by atoms with van der Waals surface area (Å²) in [5.74, 6) is -0.178. The van der Waals surface area contributed by atoms with Gasteiger partial charge in [-0.1, -0.05) is 0 Å². The first-order valence-electron chi connectivity index (χ1n) is 6.75. The highest BCUT2D eigenvalue weighted by Crippen LogP contribution is 2.15. The van der Waals surface area contributed by atoms with E-state index in [9.17, 15) is 14.7 Å². The Kier molecular flexibility index (Phi) is 7.25. The molecule has 0 saturated carbocycles. The molecule has 0 spiro atoms.